The molecule has 1 rings (SSSR count). The summed E-state index contributed by atoms with van der Waals surface area (Å²) >= 11 is 0. The molecule has 0 aliphatic heterocycles. The third-order valence-electron chi connectivity index (χ3n) is 1.31. The Bertz CT molecular complexity index is 322. The number of rotatable bonds is 2. The van der Waals surface area contributed by atoms with Gasteiger partial charge in [-0.05, 0) is 12.5 Å². The highest BCUT2D eigenvalue weighted by Gasteiger charge is 2.03. The molecule has 12 heavy (non-hydrogen) atoms. The number of allylic oxidation sites excluding steroid dienone is 1. The molecule has 0 atom stereocenters. The lowest BCUT2D eigenvalue weighted by Gasteiger charge is -1.91. The van der Waals surface area contributed by atoms with Gasteiger partial charge in [-0.1, -0.05) is 0 Å². The van der Waals surface area contributed by atoms with Gasteiger partial charge >= 0.3 is 5.97 Å². The molecular weight excluding hydrogens is 160 g/mol. The van der Waals surface area contributed by atoms with Gasteiger partial charge in [0.2, 0.25) is 0 Å². The molecule has 0 aliphatic carbocycles. The average molecular weight is 168 g/mol. The molecule has 1 heterocycles. The van der Waals surface area contributed by atoms with Crippen LogP contribution in [0.2, 0.25) is 0 Å². The zero-order chi connectivity index (χ0) is 9.14. The maximum atomic E-state index is 10.2. The molecule has 4 heteroatoms. The molecule has 1 aromatic rings. The van der Waals surface area contributed by atoms with Crippen molar-refractivity contribution in [1.82, 2.24) is 0 Å². The molecule has 0 fully saturated rings. The van der Waals surface area contributed by atoms with E-state index in [9.17, 15) is 4.79 Å². The molecule has 0 spiro atoms. The van der Waals surface area contributed by atoms with E-state index in [1.165, 1.54) is 6.07 Å². The second-order valence-electron chi connectivity index (χ2n) is 2.33. The predicted molar refractivity (Wildman–Crippen MR) is 41.7 cm³/mol. The maximum Gasteiger partial charge on any atom is 0.328 e. The fourth-order valence-electron chi connectivity index (χ4n) is 0.789. The topological polar surface area (TPSA) is 70.7 Å². The van der Waals surface area contributed by atoms with E-state index in [-0.39, 0.29) is 5.75 Å². The minimum atomic E-state index is -1.04. The van der Waals surface area contributed by atoms with E-state index in [1.807, 2.05) is 0 Å². The molecule has 0 saturated heterocycles. The van der Waals surface area contributed by atoms with E-state index in [0.717, 1.165) is 12.3 Å². The molecule has 0 bridgehead atoms. The van der Waals surface area contributed by atoms with Crippen LogP contribution in [0.1, 0.15) is 12.7 Å². The molecule has 0 aliphatic rings. The van der Waals surface area contributed by atoms with Crippen LogP contribution in [0.4, 0.5) is 0 Å². The van der Waals surface area contributed by atoms with Gasteiger partial charge in [-0.3, -0.25) is 0 Å². The number of carbonyl (C=O) groups is 1. The van der Waals surface area contributed by atoms with Crippen molar-refractivity contribution in [2.45, 2.75) is 6.92 Å². The Morgan fingerprint density at radius 2 is 2.33 bits per heavy atom. The van der Waals surface area contributed by atoms with E-state index in [4.69, 9.17) is 14.6 Å². The molecule has 1 aromatic heterocycles. The predicted octanol–water partition coefficient (Wildman–Crippen LogP) is 1.47. The van der Waals surface area contributed by atoms with Crippen LogP contribution in [0.25, 0.3) is 5.57 Å². The van der Waals surface area contributed by atoms with Crippen molar-refractivity contribution < 1.29 is 19.4 Å². The second-order valence-corrected chi connectivity index (χ2v) is 2.33. The lowest BCUT2D eigenvalue weighted by Crippen LogP contribution is -1.88. The van der Waals surface area contributed by atoms with E-state index in [2.05, 4.69) is 0 Å². The van der Waals surface area contributed by atoms with Gasteiger partial charge in [0.1, 0.15) is 12.0 Å². The molecule has 0 radical (unpaired) electrons. The zero-order valence-corrected chi connectivity index (χ0v) is 6.44. The van der Waals surface area contributed by atoms with Gasteiger partial charge in [-0.25, -0.2) is 4.79 Å². The third kappa shape index (κ3) is 1.88. The first-order valence-electron chi connectivity index (χ1n) is 3.28. The Kier molecular flexibility index (Phi) is 2.19. The van der Waals surface area contributed by atoms with Gasteiger partial charge in [0.15, 0.2) is 5.75 Å². The first kappa shape index (κ1) is 8.39. The summed E-state index contributed by atoms with van der Waals surface area (Å²) in [5, 5.41) is 17.2. The Labute approximate surface area is 68.7 Å². The highest BCUT2D eigenvalue weighted by Crippen LogP contribution is 2.20. The number of aromatic hydroxyl groups is 1. The van der Waals surface area contributed by atoms with E-state index in [0.29, 0.717) is 11.3 Å². The molecule has 0 unspecified atom stereocenters. The summed E-state index contributed by atoms with van der Waals surface area (Å²) in [5.41, 5.74) is 0.461. The van der Waals surface area contributed by atoms with Gasteiger partial charge in [0, 0.05) is 12.1 Å². The summed E-state index contributed by atoms with van der Waals surface area (Å²) in [6, 6.07) is 1.36. The van der Waals surface area contributed by atoms with Crippen LogP contribution < -0.4 is 0 Å². The molecule has 0 saturated carbocycles. The van der Waals surface area contributed by atoms with Crippen molar-refractivity contribution in [2.24, 2.45) is 0 Å². The van der Waals surface area contributed by atoms with Crippen LogP contribution in [-0.2, 0) is 4.79 Å². The first-order chi connectivity index (χ1) is 5.59. The monoisotopic (exact) mass is 168 g/mol. The Morgan fingerprint density at radius 1 is 1.67 bits per heavy atom. The normalized spacial score (nSPS) is 11.6. The van der Waals surface area contributed by atoms with Crippen LogP contribution >= 0.6 is 0 Å². The SMILES string of the molecule is CC(=CC(=O)O)c1cc(O)co1. The van der Waals surface area contributed by atoms with Gasteiger partial charge in [0.05, 0.1) is 0 Å². The fraction of sp³-hybridized carbons (Fsp3) is 0.125. The summed E-state index contributed by atoms with van der Waals surface area (Å²) in [4.78, 5) is 10.2. The highest BCUT2D eigenvalue weighted by atomic mass is 16.4. The summed E-state index contributed by atoms with van der Waals surface area (Å²) in [6.45, 7) is 1.59. The Morgan fingerprint density at radius 3 is 2.75 bits per heavy atom. The summed E-state index contributed by atoms with van der Waals surface area (Å²) in [6.07, 6.45) is 2.16. The first-order valence-corrected chi connectivity index (χ1v) is 3.28. The summed E-state index contributed by atoms with van der Waals surface area (Å²) < 4.78 is 4.85. The second kappa shape index (κ2) is 3.13. The number of furan rings is 1. The van der Waals surface area contributed by atoms with E-state index in [1.54, 1.807) is 6.92 Å². The van der Waals surface area contributed by atoms with Crippen molar-refractivity contribution in [3.63, 3.8) is 0 Å². The summed E-state index contributed by atoms with van der Waals surface area (Å²) in [5.74, 6) is -0.693. The lowest BCUT2D eigenvalue weighted by atomic mass is 10.2. The standard InChI is InChI=1S/C8H8O4/c1-5(2-8(10)11)7-3-6(9)4-12-7/h2-4,9H,1H3,(H,10,11). The van der Waals surface area contributed by atoms with Crippen molar-refractivity contribution in [2.75, 3.05) is 0 Å². The number of carboxylic acid groups (broad SMARTS) is 1. The molecule has 2 N–H and O–H groups in total. The molecular formula is C8H8O4. The maximum absolute atomic E-state index is 10.2. The smallest absolute Gasteiger partial charge is 0.328 e. The average Bonchev–Trinajstić information content (AvgIpc) is 2.34. The van der Waals surface area contributed by atoms with Crippen molar-refractivity contribution in [3.05, 3.63) is 24.2 Å². The van der Waals surface area contributed by atoms with Crippen molar-refractivity contribution in [3.8, 4) is 5.75 Å². The molecule has 64 valence electrons. The van der Waals surface area contributed by atoms with Gasteiger partial charge < -0.3 is 14.6 Å². The Hall–Kier alpha value is -1.71. The number of hydrogen-bond acceptors (Lipinski definition) is 3. The van der Waals surface area contributed by atoms with Gasteiger partial charge in [-0.2, -0.15) is 0 Å². The van der Waals surface area contributed by atoms with Crippen LogP contribution in [0.3, 0.4) is 0 Å². The number of carboxylic acids is 1. The van der Waals surface area contributed by atoms with Crippen LogP contribution in [0.5, 0.6) is 5.75 Å². The third-order valence-corrected chi connectivity index (χ3v) is 1.31. The summed E-state index contributed by atoms with van der Waals surface area (Å²) in [7, 11) is 0. The Balaban J connectivity index is 2.91. The largest absolute Gasteiger partial charge is 0.505 e. The minimum Gasteiger partial charge on any atom is -0.505 e. The fourth-order valence-corrected chi connectivity index (χ4v) is 0.789. The van der Waals surface area contributed by atoms with Crippen LogP contribution in [-0.4, -0.2) is 16.2 Å². The van der Waals surface area contributed by atoms with E-state index >= 15 is 0 Å². The van der Waals surface area contributed by atoms with Crippen molar-refractivity contribution in [1.29, 1.82) is 0 Å². The number of aliphatic carboxylic acids is 1. The molecule has 0 amide bonds. The highest BCUT2D eigenvalue weighted by molar-refractivity contribution is 5.88. The van der Waals surface area contributed by atoms with Crippen molar-refractivity contribution >= 4 is 11.5 Å². The number of hydrogen-bond donors (Lipinski definition) is 2. The molecule has 4 nitrogen and oxygen atoms in total. The molecule has 0 aromatic carbocycles. The zero-order valence-electron chi connectivity index (χ0n) is 6.44. The quantitative estimate of drug-likeness (QED) is 0.656. The lowest BCUT2D eigenvalue weighted by molar-refractivity contribution is -0.131. The minimum absolute atomic E-state index is 0.0110. The van der Waals surface area contributed by atoms with E-state index < -0.39 is 5.97 Å². The van der Waals surface area contributed by atoms with Crippen LogP contribution in [0, 0.1) is 0 Å². The van der Waals surface area contributed by atoms with Gasteiger partial charge in [0.25, 0.3) is 0 Å². The van der Waals surface area contributed by atoms with Crippen LogP contribution in [0.15, 0.2) is 22.8 Å². The van der Waals surface area contributed by atoms with Gasteiger partial charge in [-0.15, -0.1) is 0 Å².